The molecule has 5 heteroatoms. The Morgan fingerprint density at radius 3 is 2.67 bits per heavy atom. The maximum absolute atomic E-state index is 11.8. The van der Waals surface area contributed by atoms with E-state index >= 15 is 0 Å². The van der Waals surface area contributed by atoms with Crippen LogP contribution < -0.4 is 0 Å². The lowest BCUT2D eigenvalue weighted by molar-refractivity contribution is -0.132. The Kier molecular flexibility index (Phi) is 5.17. The number of carboxylic acids is 1. The van der Waals surface area contributed by atoms with E-state index in [2.05, 4.69) is 0 Å². The standard InChI is InChI=1S/C13H17NO4/c1-10(2)8-14(9-11-4-3-7-18-11)12(15)5-6-13(16)17/h3-7,10H,8-9H2,1-2H3,(H,16,17)/b6-5+. The van der Waals surface area contributed by atoms with E-state index in [-0.39, 0.29) is 5.91 Å². The Morgan fingerprint density at radius 1 is 1.44 bits per heavy atom. The van der Waals surface area contributed by atoms with Crippen molar-refractivity contribution in [2.24, 2.45) is 5.92 Å². The normalized spacial score (nSPS) is 11.1. The van der Waals surface area contributed by atoms with Gasteiger partial charge in [-0.05, 0) is 18.1 Å². The van der Waals surface area contributed by atoms with Gasteiger partial charge in [-0.25, -0.2) is 4.79 Å². The highest BCUT2D eigenvalue weighted by Gasteiger charge is 2.14. The molecule has 1 aromatic rings. The van der Waals surface area contributed by atoms with Crippen molar-refractivity contribution in [3.8, 4) is 0 Å². The van der Waals surface area contributed by atoms with Crippen molar-refractivity contribution in [1.82, 2.24) is 4.90 Å². The van der Waals surface area contributed by atoms with Gasteiger partial charge in [-0.2, -0.15) is 0 Å². The third-order valence-electron chi connectivity index (χ3n) is 2.19. The molecule has 0 saturated heterocycles. The van der Waals surface area contributed by atoms with E-state index in [0.717, 1.165) is 12.2 Å². The molecule has 0 aliphatic carbocycles. The van der Waals surface area contributed by atoms with Crippen LogP contribution >= 0.6 is 0 Å². The second-order valence-corrected chi connectivity index (χ2v) is 4.36. The Morgan fingerprint density at radius 2 is 2.17 bits per heavy atom. The summed E-state index contributed by atoms with van der Waals surface area (Å²) in [6.45, 7) is 4.87. The van der Waals surface area contributed by atoms with Crippen LogP contribution in [0, 0.1) is 5.92 Å². The molecule has 0 fully saturated rings. The van der Waals surface area contributed by atoms with Gasteiger partial charge in [0.15, 0.2) is 0 Å². The van der Waals surface area contributed by atoms with E-state index in [1.54, 1.807) is 23.3 Å². The largest absolute Gasteiger partial charge is 0.478 e. The van der Waals surface area contributed by atoms with Crippen molar-refractivity contribution in [1.29, 1.82) is 0 Å². The molecule has 0 aromatic carbocycles. The molecular formula is C13H17NO4. The Labute approximate surface area is 106 Å². The molecule has 1 amide bonds. The highest BCUT2D eigenvalue weighted by molar-refractivity contribution is 5.93. The lowest BCUT2D eigenvalue weighted by atomic mass is 10.2. The van der Waals surface area contributed by atoms with Crippen molar-refractivity contribution in [3.05, 3.63) is 36.3 Å². The van der Waals surface area contributed by atoms with Gasteiger partial charge in [0.1, 0.15) is 5.76 Å². The summed E-state index contributed by atoms with van der Waals surface area (Å²) < 4.78 is 5.19. The van der Waals surface area contributed by atoms with Crippen molar-refractivity contribution in [3.63, 3.8) is 0 Å². The van der Waals surface area contributed by atoms with Crippen LogP contribution in [-0.2, 0) is 16.1 Å². The molecule has 0 saturated carbocycles. The maximum atomic E-state index is 11.8. The van der Waals surface area contributed by atoms with Crippen LogP contribution in [0.4, 0.5) is 0 Å². The molecule has 0 unspecified atom stereocenters. The monoisotopic (exact) mass is 251 g/mol. The van der Waals surface area contributed by atoms with Gasteiger partial charge in [0.2, 0.25) is 5.91 Å². The van der Waals surface area contributed by atoms with Crippen LogP contribution in [0.2, 0.25) is 0 Å². The van der Waals surface area contributed by atoms with Crippen molar-refractivity contribution >= 4 is 11.9 Å². The van der Waals surface area contributed by atoms with Gasteiger partial charge in [0.25, 0.3) is 0 Å². The quantitative estimate of drug-likeness (QED) is 0.784. The maximum Gasteiger partial charge on any atom is 0.328 e. The third kappa shape index (κ3) is 4.86. The fourth-order valence-corrected chi connectivity index (χ4v) is 1.51. The summed E-state index contributed by atoms with van der Waals surface area (Å²) in [5.74, 6) is -0.497. The highest BCUT2D eigenvalue weighted by Crippen LogP contribution is 2.09. The summed E-state index contributed by atoms with van der Waals surface area (Å²) in [6.07, 6.45) is 3.45. The predicted molar refractivity (Wildman–Crippen MR) is 65.7 cm³/mol. The smallest absolute Gasteiger partial charge is 0.328 e. The van der Waals surface area contributed by atoms with Gasteiger partial charge in [-0.1, -0.05) is 13.8 Å². The predicted octanol–water partition coefficient (Wildman–Crippen LogP) is 1.91. The Bertz CT molecular complexity index is 420. The molecule has 5 nitrogen and oxygen atoms in total. The number of rotatable bonds is 6. The van der Waals surface area contributed by atoms with Crippen LogP contribution in [0.3, 0.4) is 0 Å². The Hall–Kier alpha value is -2.04. The van der Waals surface area contributed by atoms with Gasteiger partial charge < -0.3 is 14.4 Å². The summed E-state index contributed by atoms with van der Waals surface area (Å²) in [6, 6.07) is 3.53. The fraction of sp³-hybridized carbons (Fsp3) is 0.385. The minimum Gasteiger partial charge on any atom is -0.478 e. The zero-order valence-corrected chi connectivity index (χ0v) is 10.5. The lowest BCUT2D eigenvalue weighted by Gasteiger charge is -2.22. The van der Waals surface area contributed by atoms with Crippen molar-refractivity contribution in [2.45, 2.75) is 20.4 Å². The number of hydrogen-bond donors (Lipinski definition) is 1. The van der Waals surface area contributed by atoms with Gasteiger partial charge in [0.05, 0.1) is 12.8 Å². The molecule has 0 aliphatic heterocycles. The first-order chi connectivity index (χ1) is 8.49. The van der Waals surface area contributed by atoms with E-state index < -0.39 is 5.97 Å². The second kappa shape index (κ2) is 6.64. The molecule has 1 rings (SSSR count). The van der Waals surface area contributed by atoms with Crippen LogP contribution in [0.1, 0.15) is 19.6 Å². The molecule has 1 N–H and O–H groups in total. The van der Waals surface area contributed by atoms with Gasteiger partial charge in [0, 0.05) is 18.7 Å². The summed E-state index contributed by atoms with van der Waals surface area (Å²) in [5.41, 5.74) is 0. The first kappa shape index (κ1) is 14.0. The zero-order valence-electron chi connectivity index (χ0n) is 10.5. The number of amides is 1. The first-order valence-corrected chi connectivity index (χ1v) is 5.71. The summed E-state index contributed by atoms with van der Waals surface area (Å²) >= 11 is 0. The summed E-state index contributed by atoms with van der Waals surface area (Å²) in [7, 11) is 0. The second-order valence-electron chi connectivity index (χ2n) is 4.36. The van der Waals surface area contributed by atoms with Crippen LogP contribution in [0.25, 0.3) is 0 Å². The third-order valence-corrected chi connectivity index (χ3v) is 2.19. The fourth-order valence-electron chi connectivity index (χ4n) is 1.51. The van der Waals surface area contributed by atoms with Crippen LogP contribution in [0.5, 0.6) is 0 Å². The van der Waals surface area contributed by atoms with E-state index in [4.69, 9.17) is 9.52 Å². The Balaban J connectivity index is 2.71. The average molecular weight is 251 g/mol. The van der Waals surface area contributed by atoms with E-state index in [1.165, 1.54) is 0 Å². The molecule has 98 valence electrons. The highest BCUT2D eigenvalue weighted by atomic mass is 16.4. The molecule has 18 heavy (non-hydrogen) atoms. The van der Waals surface area contributed by atoms with Gasteiger partial charge in [-0.3, -0.25) is 4.79 Å². The number of carbonyl (C=O) groups is 2. The number of carbonyl (C=O) groups excluding carboxylic acids is 1. The minimum absolute atomic E-state index is 0.294. The molecule has 0 radical (unpaired) electrons. The van der Waals surface area contributed by atoms with E-state index in [1.807, 2.05) is 13.8 Å². The zero-order chi connectivity index (χ0) is 13.5. The SMILES string of the molecule is CC(C)CN(Cc1ccco1)C(=O)/C=C/C(=O)O. The van der Waals surface area contributed by atoms with E-state index in [0.29, 0.717) is 24.8 Å². The molecular weight excluding hydrogens is 234 g/mol. The van der Waals surface area contributed by atoms with Gasteiger partial charge >= 0.3 is 5.97 Å². The summed E-state index contributed by atoms with van der Waals surface area (Å²) in [5, 5.41) is 8.51. The average Bonchev–Trinajstić information content (AvgIpc) is 2.77. The first-order valence-electron chi connectivity index (χ1n) is 5.71. The number of furan rings is 1. The number of aliphatic carboxylic acids is 1. The lowest BCUT2D eigenvalue weighted by Crippen LogP contribution is -2.32. The molecule has 0 atom stereocenters. The number of hydrogen-bond acceptors (Lipinski definition) is 3. The molecule has 0 spiro atoms. The van der Waals surface area contributed by atoms with Crippen molar-refractivity contribution < 1.29 is 19.1 Å². The van der Waals surface area contributed by atoms with Crippen LogP contribution in [0.15, 0.2) is 35.0 Å². The topological polar surface area (TPSA) is 70.8 Å². The molecule has 0 aliphatic rings. The summed E-state index contributed by atoms with van der Waals surface area (Å²) in [4.78, 5) is 23.8. The molecule has 0 bridgehead atoms. The van der Waals surface area contributed by atoms with Crippen molar-refractivity contribution in [2.75, 3.05) is 6.54 Å². The van der Waals surface area contributed by atoms with Gasteiger partial charge in [-0.15, -0.1) is 0 Å². The number of carboxylic acid groups (broad SMARTS) is 1. The molecule has 1 aromatic heterocycles. The number of nitrogens with zero attached hydrogens (tertiary/aromatic N) is 1. The van der Waals surface area contributed by atoms with E-state index in [9.17, 15) is 9.59 Å². The minimum atomic E-state index is -1.13. The molecule has 1 heterocycles. The van der Waals surface area contributed by atoms with Crippen LogP contribution in [-0.4, -0.2) is 28.4 Å².